The summed E-state index contributed by atoms with van der Waals surface area (Å²) in [6.07, 6.45) is -0.313. The Kier molecular flexibility index (Phi) is 6.58. The maximum absolute atomic E-state index is 12.7. The molecule has 0 unspecified atom stereocenters. The molecule has 1 aliphatic carbocycles. The van der Waals surface area contributed by atoms with E-state index < -0.39 is 41.1 Å². The van der Waals surface area contributed by atoms with Crippen LogP contribution in [0.5, 0.6) is 0 Å². The second kappa shape index (κ2) is 8.31. The molecule has 1 saturated carbocycles. The predicted molar refractivity (Wildman–Crippen MR) is 97.4 cm³/mol. The largest absolute Gasteiger partial charge is 0.466 e. The van der Waals surface area contributed by atoms with Crippen LogP contribution in [0, 0.1) is 11.8 Å². The molecule has 0 heterocycles. The number of benzene rings is 1. The Hall–Kier alpha value is -1.73. The van der Waals surface area contributed by atoms with E-state index >= 15 is 0 Å². The second-order valence-electron chi connectivity index (χ2n) is 6.54. The van der Waals surface area contributed by atoms with Crippen LogP contribution in [0.2, 0.25) is 0 Å². The topological polar surface area (TPSA) is 89.9 Å². The Morgan fingerprint density at radius 1 is 1.15 bits per heavy atom. The van der Waals surface area contributed by atoms with E-state index in [1.54, 1.807) is 38.1 Å². The predicted octanol–water partition coefficient (Wildman–Crippen LogP) is 2.62. The quantitative estimate of drug-likeness (QED) is 0.574. The molecule has 4 atom stereocenters. The third-order valence-electron chi connectivity index (χ3n) is 4.60. The van der Waals surface area contributed by atoms with E-state index in [-0.39, 0.29) is 19.6 Å². The van der Waals surface area contributed by atoms with Crippen LogP contribution in [0.3, 0.4) is 0 Å². The summed E-state index contributed by atoms with van der Waals surface area (Å²) >= 11 is 3.34. The Bertz CT molecular complexity index is 682. The molecule has 0 aliphatic heterocycles. The Morgan fingerprint density at radius 3 is 2.23 bits per heavy atom. The van der Waals surface area contributed by atoms with Gasteiger partial charge in [0, 0.05) is 16.8 Å². The number of rotatable bonds is 5. The summed E-state index contributed by atoms with van der Waals surface area (Å²) in [7, 11) is 0. The molecule has 142 valence electrons. The summed E-state index contributed by atoms with van der Waals surface area (Å²) in [5.41, 5.74) is -1.03. The molecule has 0 radical (unpaired) electrons. The van der Waals surface area contributed by atoms with Crippen LogP contribution in [-0.4, -0.2) is 41.6 Å². The molecule has 1 aromatic rings. The minimum absolute atomic E-state index is 0.121. The lowest BCUT2D eigenvalue weighted by Gasteiger charge is -2.43. The molecule has 0 bridgehead atoms. The lowest BCUT2D eigenvalue weighted by molar-refractivity contribution is -0.172. The minimum Gasteiger partial charge on any atom is -0.466 e. The molecule has 0 amide bonds. The van der Waals surface area contributed by atoms with Crippen molar-refractivity contribution < 1.29 is 29.0 Å². The summed E-state index contributed by atoms with van der Waals surface area (Å²) in [4.78, 5) is 37.8. The molecule has 1 fully saturated rings. The van der Waals surface area contributed by atoms with Crippen LogP contribution in [0.1, 0.15) is 38.7 Å². The highest BCUT2D eigenvalue weighted by Crippen LogP contribution is 2.46. The lowest BCUT2D eigenvalue weighted by atomic mass is 9.62. The van der Waals surface area contributed by atoms with Crippen molar-refractivity contribution in [3.8, 4) is 0 Å². The SMILES string of the molecule is CCOC(=O)[C@@H]1C(=O)C[C@@](C)(O)[C@H](C(=O)OCC)[C@@H]1c1ccc(Br)cc1. The minimum atomic E-state index is -1.62. The Morgan fingerprint density at radius 2 is 1.69 bits per heavy atom. The highest BCUT2D eigenvalue weighted by molar-refractivity contribution is 9.10. The van der Waals surface area contributed by atoms with Gasteiger partial charge in [-0.1, -0.05) is 28.1 Å². The summed E-state index contributed by atoms with van der Waals surface area (Å²) in [5.74, 6) is -4.84. The van der Waals surface area contributed by atoms with Gasteiger partial charge in [0.2, 0.25) is 0 Å². The van der Waals surface area contributed by atoms with Crippen molar-refractivity contribution in [2.24, 2.45) is 11.8 Å². The first-order valence-corrected chi connectivity index (χ1v) is 9.36. The van der Waals surface area contributed by atoms with E-state index in [9.17, 15) is 19.5 Å². The number of ether oxygens (including phenoxy) is 2. The van der Waals surface area contributed by atoms with Gasteiger partial charge in [0.1, 0.15) is 5.92 Å². The van der Waals surface area contributed by atoms with E-state index in [0.717, 1.165) is 4.47 Å². The van der Waals surface area contributed by atoms with Gasteiger partial charge in [-0.2, -0.15) is 0 Å². The van der Waals surface area contributed by atoms with Gasteiger partial charge in [0.05, 0.1) is 24.7 Å². The smallest absolute Gasteiger partial charge is 0.317 e. The average molecular weight is 427 g/mol. The second-order valence-corrected chi connectivity index (χ2v) is 7.45. The van der Waals surface area contributed by atoms with Gasteiger partial charge in [0.25, 0.3) is 0 Å². The summed E-state index contributed by atoms with van der Waals surface area (Å²) < 4.78 is 11.0. The molecule has 0 saturated heterocycles. The number of hydrogen-bond donors (Lipinski definition) is 1. The van der Waals surface area contributed by atoms with Crippen molar-refractivity contribution in [2.75, 3.05) is 13.2 Å². The van der Waals surface area contributed by atoms with E-state index in [0.29, 0.717) is 5.56 Å². The average Bonchev–Trinajstić information content (AvgIpc) is 2.54. The lowest BCUT2D eigenvalue weighted by Crippen LogP contribution is -2.55. The number of halogens is 1. The third kappa shape index (κ3) is 4.15. The number of carbonyl (C=O) groups excluding carboxylic acids is 3. The first-order valence-electron chi connectivity index (χ1n) is 8.56. The van der Waals surface area contributed by atoms with Crippen LogP contribution in [0.25, 0.3) is 0 Å². The molecule has 7 heteroatoms. The molecule has 0 aromatic heterocycles. The van der Waals surface area contributed by atoms with Gasteiger partial charge in [-0.15, -0.1) is 0 Å². The number of carbonyl (C=O) groups is 3. The number of hydrogen-bond acceptors (Lipinski definition) is 6. The van der Waals surface area contributed by atoms with Crippen LogP contribution < -0.4 is 0 Å². The molecule has 2 rings (SSSR count). The zero-order valence-corrected chi connectivity index (χ0v) is 16.6. The van der Waals surface area contributed by atoms with Crippen molar-refractivity contribution in [1.29, 1.82) is 0 Å². The summed E-state index contributed by atoms with van der Waals surface area (Å²) in [5, 5.41) is 10.8. The van der Waals surface area contributed by atoms with Gasteiger partial charge in [0.15, 0.2) is 5.78 Å². The van der Waals surface area contributed by atoms with Gasteiger partial charge in [-0.05, 0) is 38.5 Å². The summed E-state index contributed by atoms with van der Waals surface area (Å²) in [6, 6.07) is 6.96. The molecule has 6 nitrogen and oxygen atoms in total. The maximum Gasteiger partial charge on any atom is 0.317 e. The van der Waals surface area contributed by atoms with Gasteiger partial charge in [-0.25, -0.2) is 0 Å². The normalized spacial score (nSPS) is 28.5. The maximum atomic E-state index is 12.7. The molecule has 1 N–H and O–H groups in total. The van der Waals surface area contributed by atoms with Crippen LogP contribution >= 0.6 is 15.9 Å². The van der Waals surface area contributed by atoms with E-state index in [2.05, 4.69) is 15.9 Å². The number of ketones is 1. The first-order chi connectivity index (χ1) is 12.2. The van der Waals surface area contributed by atoms with Crippen molar-refractivity contribution in [3.05, 3.63) is 34.3 Å². The van der Waals surface area contributed by atoms with E-state index in [1.807, 2.05) is 0 Å². The van der Waals surface area contributed by atoms with Crippen LogP contribution in [0.15, 0.2) is 28.7 Å². The van der Waals surface area contributed by atoms with Crippen molar-refractivity contribution in [2.45, 2.75) is 38.7 Å². The Labute approximate surface area is 161 Å². The first kappa shape index (κ1) is 20.6. The van der Waals surface area contributed by atoms with Gasteiger partial charge in [-0.3, -0.25) is 14.4 Å². The van der Waals surface area contributed by atoms with Gasteiger partial charge >= 0.3 is 11.9 Å². The highest BCUT2D eigenvalue weighted by atomic mass is 79.9. The van der Waals surface area contributed by atoms with Crippen molar-refractivity contribution in [3.63, 3.8) is 0 Å². The molecule has 26 heavy (non-hydrogen) atoms. The number of esters is 2. The zero-order valence-electron chi connectivity index (χ0n) is 15.0. The third-order valence-corrected chi connectivity index (χ3v) is 5.13. The van der Waals surface area contributed by atoms with Crippen LogP contribution in [-0.2, 0) is 23.9 Å². The summed E-state index contributed by atoms with van der Waals surface area (Å²) in [6.45, 7) is 5.00. The number of aliphatic hydroxyl groups is 1. The fourth-order valence-electron chi connectivity index (χ4n) is 3.56. The fourth-order valence-corrected chi connectivity index (χ4v) is 3.83. The molecular weight excluding hydrogens is 404 g/mol. The molecule has 1 aliphatic rings. The molecule has 1 aromatic carbocycles. The zero-order chi connectivity index (χ0) is 19.5. The standard InChI is InChI=1S/C19H23BrO6/c1-4-25-17(22)15-13(21)10-19(3,24)16(18(23)26-5-2)14(15)11-6-8-12(20)9-7-11/h6-9,14-16,24H,4-5,10H2,1-3H3/t14-,15-,16+,19-/m1/s1. The monoisotopic (exact) mass is 426 g/mol. The molecular formula is C19H23BrO6. The van der Waals surface area contributed by atoms with Crippen molar-refractivity contribution >= 4 is 33.7 Å². The fraction of sp³-hybridized carbons (Fsp3) is 0.526. The molecule has 0 spiro atoms. The van der Waals surface area contributed by atoms with E-state index in [4.69, 9.17) is 9.47 Å². The number of Topliss-reactive ketones (excluding diaryl/α,β-unsaturated/α-hetero) is 1. The van der Waals surface area contributed by atoms with Crippen molar-refractivity contribution in [1.82, 2.24) is 0 Å². The van der Waals surface area contributed by atoms with E-state index in [1.165, 1.54) is 6.92 Å². The van der Waals surface area contributed by atoms with Gasteiger partial charge < -0.3 is 14.6 Å². The van der Waals surface area contributed by atoms with Crippen LogP contribution in [0.4, 0.5) is 0 Å². The Balaban J connectivity index is 2.59. The highest BCUT2D eigenvalue weighted by Gasteiger charge is 2.57.